The second kappa shape index (κ2) is 6.35. The molecule has 2 saturated heterocycles. The van der Waals surface area contributed by atoms with E-state index >= 15 is 0 Å². The minimum atomic E-state index is -0.405. The Bertz CT molecular complexity index is 995. The number of fused-ring (bicyclic) bond motifs is 1. The molecule has 3 aromatic rings. The quantitative estimate of drug-likeness (QED) is 0.740. The Hall–Kier alpha value is -2.39. The van der Waals surface area contributed by atoms with E-state index in [0.717, 1.165) is 50.0 Å². The highest BCUT2D eigenvalue weighted by Gasteiger charge is 2.41. The van der Waals surface area contributed by atoms with Crippen LogP contribution in [-0.2, 0) is 4.74 Å². The molecule has 1 spiro atoms. The Labute approximate surface area is 159 Å². The summed E-state index contributed by atoms with van der Waals surface area (Å²) in [6, 6.07) is 1.82. The van der Waals surface area contributed by atoms with E-state index in [1.807, 2.05) is 13.0 Å². The molecule has 5 heterocycles. The number of thiazole rings is 1. The molecule has 3 aromatic heterocycles. The Balaban J connectivity index is 1.45. The number of piperidine rings is 1. The van der Waals surface area contributed by atoms with Crippen molar-refractivity contribution in [1.29, 1.82) is 0 Å². The number of ether oxygens (including phenoxy) is 1. The van der Waals surface area contributed by atoms with Gasteiger partial charge in [-0.25, -0.2) is 24.3 Å². The van der Waals surface area contributed by atoms with Gasteiger partial charge in [0.1, 0.15) is 22.4 Å². The first-order chi connectivity index (χ1) is 13.1. The van der Waals surface area contributed by atoms with Gasteiger partial charge in [0.2, 0.25) is 0 Å². The first kappa shape index (κ1) is 16.8. The van der Waals surface area contributed by atoms with Crippen LogP contribution >= 0.6 is 11.3 Å². The van der Waals surface area contributed by atoms with Gasteiger partial charge < -0.3 is 15.0 Å². The van der Waals surface area contributed by atoms with Crippen molar-refractivity contribution < 1.29 is 9.13 Å². The number of pyridine rings is 1. The molecule has 0 unspecified atom stereocenters. The highest BCUT2D eigenvalue weighted by atomic mass is 32.1. The number of halogens is 1. The third-order valence-electron chi connectivity index (χ3n) is 5.33. The summed E-state index contributed by atoms with van der Waals surface area (Å²) in [6.45, 7) is 5.47. The van der Waals surface area contributed by atoms with Gasteiger partial charge in [-0.2, -0.15) is 0 Å². The van der Waals surface area contributed by atoms with Crippen LogP contribution < -0.4 is 10.2 Å². The summed E-state index contributed by atoms with van der Waals surface area (Å²) in [5, 5.41) is 4.01. The third kappa shape index (κ3) is 3.00. The Morgan fingerprint density at radius 2 is 2.04 bits per heavy atom. The maximum Gasteiger partial charge on any atom is 0.186 e. The molecule has 0 amide bonds. The molecule has 9 heteroatoms. The number of aromatic nitrogens is 4. The number of nitrogens with one attached hydrogen (secondary N) is 1. The van der Waals surface area contributed by atoms with Crippen LogP contribution in [-0.4, -0.2) is 46.2 Å². The van der Waals surface area contributed by atoms with E-state index in [9.17, 15) is 4.39 Å². The summed E-state index contributed by atoms with van der Waals surface area (Å²) in [4.78, 5) is 19.3. The van der Waals surface area contributed by atoms with Crippen molar-refractivity contribution in [2.45, 2.75) is 19.8 Å². The number of aryl methyl sites for hydroxylation is 1. The average Bonchev–Trinajstić information content (AvgIpc) is 3.09. The first-order valence-corrected chi connectivity index (χ1v) is 9.77. The van der Waals surface area contributed by atoms with E-state index in [1.165, 1.54) is 23.9 Å². The van der Waals surface area contributed by atoms with Crippen LogP contribution in [0.4, 0.5) is 21.2 Å². The van der Waals surface area contributed by atoms with E-state index in [0.29, 0.717) is 27.3 Å². The van der Waals surface area contributed by atoms with Crippen LogP contribution in [0.15, 0.2) is 18.6 Å². The van der Waals surface area contributed by atoms with Gasteiger partial charge in [0, 0.05) is 30.3 Å². The van der Waals surface area contributed by atoms with Crippen LogP contribution in [0.1, 0.15) is 18.5 Å². The molecular formula is C18H19FN6OS. The van der Waals surface area contributed by atoms with E-state index in [4.69, 9.17) is 4.74 Å². The third-order valence-corrected chi connectivity index (χ3v) is 6.45. The molecule has 27 heavy (non-hydrogen) atoms. The monoisotopic (exact) mass is 386 g/mol. The second-order valence-corrected chi connectivity index (χ2v) is 8.26. The molecule has 0 radical (unpaired) electrons. The maximum atomic E-state index is 14.3. The molecule has 2 aliphatic heterocycles. The smallest absolute Gasteiger partial charge is 0.186 e. The maximum absolute atomic E-state index is 14.3. The predicted molar refractivity (Wildman–Crippen MR) is 102 cm³/mol. The molecule has 5 rings (SSSR count). The fraction of sp³-hybridized carbons (Fsp3) is 0.444. The van der Waals surface area contributed by atoms with E-state index in [-0.39, 0.29) is 0 Å². The molecule has 7 nitrogen and oxygen atoms in total. The standard InChI is InChI=1S/C18H19FN6OS/c1-11-6-13(22-10-21-11)23-16-15-14(12(19)7-20-16)24-17(27-15)25-4-2-18(3-5-25)8-26-9-18/h6-7,10H,2-5,8-9H2,1H3,(H,20,21,22,23). The zero-order valence-corrected chi connectivity index (χ0v) is 15.7. The highest BCUT2D eigenvalue weighted by Crippen LogP contribution is 2.42. The molecule has 2 fully saturated rings. The SMILES string of the molecule is Cc1cc(Nc2ncc(F)c3nc(N4CCC5(CC4)COC5)sc23)ncn1. The van der Waals surface area contributed by atoms with Crippen LogP contribution in [0.5, 0.6) is 0 Å². The summed E-state index contributed by atoms with van der Waals surface area (Å²) in [5.74, 6) is 0.787. The Morgan fingerprint density at radius 3 is 2.74 bits per heavy atom. The van der Waals surface area contributed by atoms with E-state index in [2.05, 4.69) is 30.2 Å². The van der Waals surface area contributed by atoms with Crippen LogP contribution in [0.25, 0.3) is 10.2 Å². The lowest BCUT2D eigenvalue weighted by molar-refractivity contribution is -0.124. The second-order valence-electron chi connectivity index (χ2n) is 7.28. The van der Waals surface area contributed by atoms with Crippen LogP contribution in [0, 0.1) is 18.2 Å². The fourth-order valence-electron chi connectivity index (χ4n) is 3.59. The minimum absolute atomic E-state index is 0.352. The minimum Gasteiger partial charge on any atom is -0.380 e. The van der Waals surface area contributed by atoms with Crippen molar-refractivity contribution in [3.05, 3.63) is 30.1 Å². The molecular weight excluding hydrogens is 367 g/mol. The predicted octanol–water partition coefficient (Wildman–Crippen LogP) is 3.29. The normalized spacial score (nSPS) is 18.7. The summed E-state index contributed by atoms with van der Waals surface area (Å²) in [5.41, 5.74) is 1.56. The van der Waals surface area contributed by atoms with Gasteiger partial charge in [-0.05, 0) is 19.8 Å². The van der Waals surface area contributed by atoms with Gasteiger partial charge in [-0.15, -0.1) is 0 Å². The number of rotatable bonds is 3. The number of hydrogen-bond acceptors (Lipinski definition) is 8. The molecule has 0 saturated carbocycles. The number of anilines is 3. The van der Waals surface area contributed by atoms with Crippen molar-refractivity contribution in [3.63, 3.8) is 0 Å². The van der Waals surface area contributed by atoms with Gasteiger partial charge in [-0.3, -0.25) is 0 Å². The lowest BCUT2D eigenvalue weighted by Crippen LogP contribution is -2.50. The van der Waals surface area contributed by atoms with Crippen LogP contribution in [0.3, 0.4) is 0 Å². The molecule has 0 atom stereocenters. The van der Waals surface area contributed by atoms with Crippen molar-refractivity contribution in [2.75, 3.05) is 36.5 Å². The Kier molecular flexibility index (Phi) is 3.94. The lowest BCUT2D eigenvalue weighted by atomic mass is 9.77. The molecule has 0 aromatic carbocycles. The van der Waals surface area contributed by atoms with Gasteiger partial charge in [0.15, 0.2) is 16.8 Å². The van der Waals surface area contributed by atoms with Crippen molar-refractivity contribution in [1.82, 2.24) is 19.9 Å². The topological polar surface area (TPSA) is 76.1 Å². The molecule has 1 N–H and O–H groups in total. The lowest BCUT2D eigenvalue weighted by Gasteiger charge is -2.47. The van der Waals surface area contributed by atoms with Crippen molar-refractivity contribution in [2.24, 2.45) is 5.41 Å². The summed E-state index contributed by atoms with van der Waals surface area (Å²) in [6.07, 6.45) is 4.88. The molecule has 2 aliphatic rings. The van der Waals surface area contributed by atoms with Gasteiger partial charge in [0.25, 0.3) is 0 Å². The van der Waals surface area contributed by atoms with Crippen LogP contribution in [0.2, 0.25) is 0 Å². The van der Waals surface area contributed by atoms with Gasteiger partial charge in [0.05, 0.1) is 19.4 Å². The zero-order chi connectivity index (χ0) is 18.4. The summed E-state index contributed by atoms with van der Waals surface area (Å²) < 4.78 is 20.4. The fourth-order valence-corrected chi connectivity index (χ4v) is 4.66. The average molecular weight is 386 g/mol. The number of hydrogen-bond donors (Lipinski definition) is 1. The van der Waals surface area contributed by atoms with Gasteiger partial charge in [-0.1, -0.05) is 11.3 Å². The van der Waals surface area contributed by atoms with Crippen molar-refractivity contribution in [3.8, 4) is 0 Å². The van der Waals surface area contributed by atoms with Gasteiger partial charge >= 0.3 is 0 Å². The molecule has 140 valence electrons. The summed E-state index contributed by atoms with van der Waals surface area (Å²) >= 11 is 1.47. The van der Waals surface area contributed by atoms with E-state index < -0.39 is 5.82 Å². The highest BCUT2D eigenvalue weighted by molar-refractivity contribution is 7.22. The first-order valence-electron chi connectivity index (χ1n) is 8.95. The Morgan fingerprint density at radius 1 is 1.22 bits per heavy atom. The largest absolute Gasteiger partial charge is 0.380 e. The number of nitrogens with zero attached hydrogens (tertiary/aromatic N) is 5. The molecule has 0 aliphatic carbocycles. The molecule has 0 bridgehead atoms. The van der Waals surface area contributed by atoms with Crippen molar-refractivity contribution >= 4 is 38.3 Å². The zero-order valence-electron chi connectivity index (χ0n) is 14.9. The summed E-state index contributed by atoms with van der Waals surface area (Å²) in [7, 11) is 0. The van der Waals surface area contributed by atoms with E-state index in [1.54, 1.807) is 0 Å².